The molecule has 2 aromatic rings. The van der Waals surface area contributed by atoms with Crippen LogP contribution in [0.2, 0.25) is 0 Å². The zero-order chi connectivity index (χ0) is 13.1. The summed E-state index contributed by atoms with van der Waals surface area (Å²) in [5.74, 6) is -0.934. The molecule has 1 heterocycles. The average Bonchev–Trinajstić information content (AvgIpc) is 2.71. The zero-order valence-corrected chi connectivity index (χ0v) is 13.1. The van der Waals surface area contributed by atoms with Crippen molar-refractivity contribution in [3.63, 3.8) is 0 Å². The van der Waals surface area contributed by atoms with Crippen LogP contribution < -0.4 is 5.32 Å². The van der Waals surface area contributed by atoms with Crippen LogP contribution >= 0.6 is 43.2 Å². The fourth-order valence-corrected chi connectivity index (χ4v) is 3.37. The molecule has 0 unspecified atom stereocenters. The van der Waals surface area contributed by atoms with Crippen LogP contribution in [0, 0.1) is 0 Å². The van der Waals surface area contributed by atoms with Crippen LogP contribution in [-0.4, -0.2) is 11.1 Å². The molecule has 0 amide bonds. The molecule has 0 atom stereocenters. The Bertz CT molecular complexity index is 583. The largest absolute Gasteiger partial charge is 0.478 e. The van der Waals surface area contributed by atoms with Crippen molar-refractivity contribution in [1.29, 1.82) is 0 Å². The summed E-state index contributed by atoms with van der Waals surface area (Å²) in [5, 5.41) is 14.2. The van der Waals surface area contributed by atoms with Gasteiger partial charge in [0.15, 0.2) is 0 Å². The van der Waals surface area contributed by atoms with Crippen LogP contribution in [0.25, 0.3) is 0 Å². The van der Waals surface area contributed by atoms with E-state index in [-0.39, 0.29) is 5.56 Å². The maximum atomic E-state index is 10.9. The molecule has 0 bridgehead atoms. The van der Waals surface area contributed by atoms with Gasteiger partial charge in [-0.15, -0.1) is 11.3 Å². The molecule has 0 aliphatic carbocycles. The number of halogens is 2. The van der Waals surface area contributed by atoms with Gasteiger partial charge in [-0.2, -0.15) is 0 Å². The van der Waals surface area contributed by atoms with Crippen LogP contribution in [-0.2, 0) is 6.54 Å². The summed E-state index contributed by atoms with van der Waals surface area (Å²) in [6, 6.07) is 7.04. The summed E-state index contributed by atoms with van der Waals surface area (Å²) in [6.45, 7) is 0.660. The van der Waals surface area contributed by atoms with Crippen molar-refractivity contribution in [1.82, 2.24) is 0 Å². The van der Waals surface area contributed by atoms with E-state index in [2.05, 4.69) is 37.2 Å². The Balaban J connectivity index is 2.14. The van der Waals surface area contributed by atoms with Crippen LogP contribution in [0.4, 0.5) is 5.69 Å². The van der Waals surface area contributed by atoms with Crippen molar-refractivity contribution < 1.29 is 9.90 Å². The molecule has 0 aliphatic rings. The van der Waals surface area contributed by atoms with E-state index in [0.717, 1.165) is 14.6 Å². The molecular weight excluding hydrogens is 382 g/mol. The van der Waals surface area contributed by atoms with Gasteiger partial charge in [0.05, 0.1) is 12.1 Å². The lowest BCUT2D eigenvalue weighted by Gasteiger charge is -2.07. The smallest absolute Gasteiger partial charge is 0.335 e. The Hall–Kier alpha value is -0.850. The summed E-state index contributed by atoms with van der Waals surface area (Å²) >= 11 is 8.41. The summed E-state index contributed by atoms with van der Waals surface area (Å²) in [5.41, 5.74) is 1.04. The van der Waals surface area contributed by atoms with E-state index in [1.807, 2.05) is 17.5 Å². The molecule has 2 N–H and O–H groups in total. The molecule has 0 saturated carbocycles. The second-order valence-corrected chi connectivity index (χ2v) is 6.35. The first-order valence-corrected chi connectivity index (χ1v) is 7.52. The maximum absolute atomic E-state index is 10.9. The number of carboxylic acids is 1. The van der Waals surface area contributed by atoms with Crippen molar-refractivity contribution >= 4 is 54.9 Å². The Kier molecular flexibility index (Phi) is 4.42. The van der Waals surface area contributed by atoms with Crippen LogP contribution in [0.1, 0.15) is 15.2 Å². The number of nitrogens with one attached hydrogen (secondary N) is 1. The predicted molar refractivity (Wildman–Crippen MR) is 80.4 cm³/mol. The van der Waals surface area contributed by atoms with Gasteiger partial charge in [0.2, 0.25) is 0 Å². The topological polar surface area (TPSA) is 49.3 Å². The molecule has 3 nitrogen and oxygen atoms in total. The number of benzene rings is 1. The first-order valence-electron chi connectivity index (χ1n) is 5.06. The van der Waals surface area contributed by atoms with E-state index >= 15 is 0 Å². The van der Waals surface area contributed by atoms with E-state index in [9.17, 15) is 4.79 Å². The zero-order valence-electron chi connectivity index (χ0n) is 9.11. The van der Waals surface area contributed by atoms with Gasteiger partial charge in [0, 0.05) is 19.5 Å². The second-order valence-electron chi connectivity index (χ2n) is 3.58. The molecule has 1 aromatic carbocycles. The third-order valence-electron chi connectivity index (χ3n) is 2.29. The molecule has 18 heavy (non-hydrogen) atoms. The first-order chi connectivity index (χ1) is 8.56. The monoisotopic (exact) mass is 389 g/mol. The van der Waals surface area contributed by atoms with Crippen LogP contribution in [0.3, 0.4) is 0 Å². The first kappa shape index (κ1) is 13.6. The van der Waals surface area contributed by atoms with Crippen molar-refractivity contribution in [3.8, 4) is 0 Å². The molecule has 0 aliphatic heterocycles. The standard InChI is InChI=1S/C12H9Br2NO2S/c13-8-3-7(12(16)17)4-9(5-8)15-6-11-10(14)1-2-18-11/h1-5,15H,6H2,(H,16,17). The number of aromatic carboxylic acids is 1. The Morgan fingerprint density at radius 1 is 1.33 bits per heavy atom. The van der Waals surface area contributed by atoms with Crippen LogP contribution in [0.15, 0.2) is 38.6 Å². The highest BCUT2D eigenvalue weighted by Crippen LogP contribution is 2.25. The highest BCUT2D eigenvalue weighted by atomic mass is 79.9. The van der Waals surface area contributed by atoms with Gasteiger partial charge in [-0.3, -0.25) is 0 Å². The lowest BCUT2D eigenvalue weighted by Crippen LogP contribution is -2.01. The summed E-state index contributed by atoms with van der Waals surface area (Å²) in [6.07, 6.45) is 0. The van der Waals surface area contributed by atoms with Crippen molar-refractivity contribution in [2.24, 2.45) is 0 Å². The molecule has 6 heteroatoms. The minimum atomic E-state index is -0.934. The molecule has 0 radical (unpaired) electrons. The number of hydrogen-bond donors (Lipinski definition) is 2. The quantitative estimate of drug-likeness (QED) is 0.802. The lowest BCUT2D eigenvalue weighted by molar-refractivity contribution is 0.0697. The third kappa shape index (κ3) is 3.34. The van der Waals surface area contributed by atoms with E-state index in [0.29, 0.717) is 6.54 Å². The number of hydrogen-bond acceptors (Lipinski definition) is 3. The van der Waals surface area contributed by atoms with Crippen molar-refractivity contribution in [2.75, 3.05) is 5.32 Å². The van der Waals surface area contributed by atoms with E-state index < -0.39 is 5.97 Å². The van der Waals surface area contributed by atoms with E-state index in [4.69, 9.17) is 5.11 Å². The maximum Gasteiger partial charge on any atom is 0.335 e. The highest BCUT2D eigenvalue weighted by Gasteiger charge is 2.07. The number of thiophene rings is 1. The number of rotatable bonds is 4. The van der Waals surface area contributed by atoms with Crippen molar-refractivity contribution in [3.05, 3.63) is 49.0 Å². The normalized spacial score (nSPS) is 10.3. The molecule has 0 saturated heterocycles. The predicted octanol–water partition coefficient (Wildman–Crippen LogP) is 4.58. The summed E-state index contributed by atoms with van der Waals surface area (Å²) in [7, 11) is 0. The minimum Gasteiger partial charge on any atom is -0.478 e. The number of carboxylic acid groups (broad SMARTS) is 1. The minimum absolute atomic E-state index is 0.261. The molecule has 1 aromatic heterocycles. The molecule has 0 spiro atoms. The van der Waals surface area contributed by atoms with Gasteiger partial charge in [-0.1, -0.05) is 15.9 Å². The summed E-state index contributed by atoms with van der Waals surface area (Å²) < 4.78 is 1.81. The third-order valence-corrected chi connectivity index (χ3v) is 4.67. The number of carbonyl (C=O) groups is 1. The Morgan fingerprint density at radius 3 is 2.72 bits per heavy atom. The molecular formula is C12H9Br2NO2S. The van der Waals surface area contributed by atoms with Gasteiger partial charge in [0.25, 0.3) is 0 Å². The van der Waals surface area contributed by atoms with Gasteiger partial charge < -0.3 is 10.4 Å². The van der Waals surface area contributed by atoms with Gasteiger partial charge in [-0.25, -0.2) is 4.79 Å². The average molecular weight is 391 g/mol. The van der Waals surface area contributed by atoms with E-state index in [1.54, 1.807) is 23.5 Å². The molecule has 2 rings (SSSR count). The van der Waals surface area contributed by atoms with Crippen LogP contribution in [0.5, 0.6) is 0 Å². The van der Waals surface area contributed by atoms with Crippen molar-refractivity contribution in [2.45, 2.75) is 6.54 Å². The Labute approximate surface area is 125 Å². The summed E-state index contributed by atoms with van der Waals surface area (Å²) in [4.78, 5) is 12.1. The second kappa shape index (κ2) is 5.86. The fraction of sp³-hybridized carbons (Fsp3) is 0.0833. The molecule has 0 fully saturated rings. The number of anilines is 1. The SMILES string of the molecule is O=C(O)c1cc(Br)cc(NCc2sccc2Br)c1. The van der Waals surface area contributed by atoms with Gasteiger partial charge in [-0.05, 0) is 45.6 Å². The van der Waals surface area contributed by atoms with Gasteiger partial charge in [0.1, 0.15) is 0 Å². The van der Waals surface area contributed by atoms with E-state index in [1.165, 1.54) is 4.88 Å². The fourth-order valence-electron chi connectivity index (χ4n) is 1.45. The van der Waals surface area contributed by atoms with Gasteiger partial charge >= 0.3 is 5.97 Å². The Morgan fingerprint density at radius 2 is 2.11 bits per heavy atom. The highest BCUT2D eigenvalue weighted by molar-refractivity contribution is 9.10. The molecule has 94 valence electrons. The lowest BCUT2D eigenvalue weighted by atomic mass is 10.2.